The second-order valence-corrected chi connectivity index (χ2v) is 9.09. The van der Waals surface area contributed by atoms with E-state index in [9.17, 15) is 8.42 Å². The molecule has 0 bridgehead atoms. The minimum Gasteiger partial charge on any atom is -0.269 e. The average Bonchev–Trinajstić information content (AvgIpc) is 3.13. The first-order valence-corrected chi connectivity index (χ1v) is 10.1. The number of piperidine rings is 1. The maximum absolute atomic E-state index is 13.0. The Morgan fingerprint density at radius 1 is 1.35 bits per heavy atom. The fraction of sp³-hybridized carbons (Fsp3) is 0.600. The van der Waals surface area contributed by atoms with Crippen LogP contribution in [0.2, 0.25) is 0 Å². The van der Waals surface area contributed by atoms with E-state index in [1.54, 1.807) is 20.3 Å². The fourth-order valence-corrected chi connectivity index (χ4v) is 5.65. The molecule has 1 aliphatic rings. The second kappa shape index (κ2) is 6.33. The zero-order valence-corrected chi connectivity index (χ0v) is 15.3. The first-order chi connectivity index (χ1) is 10.9. The molecule has 0 saturated carbocycles. The van der Waals surface area contributed by atoms with E-state index >= 15 is 0 Å². The van der Waals surface area contributed by atoms with Crippen LogP contribution in [0, 0.1) is 13.8 Å². The van der Waals surface area contributed by atoms with E-state index in [-0.39, 0.29) is 5.92 Å². The molecule has 0 radical (unpaired) electrons. The molecule has 6 nitrogen and oxygen atoms in total. The number of aromatic nitrogens is 3. The van der Waals surface area contributed by atoms with Crippen LogP contribution < -0.4 is 0 Å². The third-order valence-corrected chi connectivity index (χ3v) is 7.39. The van der Waals surface area contributed by atoms with Crippen LogP contribution in [0.1, 0.15) is 41.3 Å². The summed E-state index contributed by atoms with van der Waals surface area (Å²) in [7, 11) is -3.49. The largest absolute Gasteiger partial charge is 0.269 e. The van der Waals surface area contributed by atoms with Crippen molar-refractivity contribution in [3.8, 4) is 0 Å². The highest BCUT2D eigenvalue weighted by Gasteiger charge is 2.33. The van der Waals surface area contributed by atoms with Gasteiger partial charge in [0.05, 0.1) is 16.9 Å². The standard InChI is InChI=1S/C15H22N4O2S2/c1-4-19-12(3)14(9-17-19)23(20,21)18-7-5-6-13(10-18)15-16-8-11(2)22-15/h8-9,13H,4-7,10H2,1-3H3/t13-/m1/s1. The Hall–Kier alpha value is -1.25. The van der Waals surface area contributed by atoms with E-state index in [4.69, 9.17) is 0 Å². The van der Waals surface area contributed by atoms with Crippen molar-refractivity contribution in [2.24, 2.45) is 0 Å². The Kier molecular flexibility index (Phi) is 4.57. The van der Waals surface area contributed by atoms with Gasteiger partial charge in [0.1, 0.15) is 4.90 Å². The van der Waals surface area contributed by atoms with Crippen molar-refractivity contribution in [1.82, 2.24) is 19.1 Å². The quantitative estimate of drug-likeness (QED) is 0.846. The summed E-state index contributed by atoms with van der Waals surface area (Å²) in [5.74, 6) is 0.193. The lowest BCUT2D eigenvalue weighted by molar-refractivity contribution is 0.315. The maximum atomic E-state index is 13.0. The molecule has 23 heavy (non-hydrogen) atoms. The van der Waals surface area contributed by atoms with Crippen molar-refractivity contribution >= 4 is 21.4 Å². The lowest BCUT2D eigenvalue weighted by Crippen LogP contribution is -2.39. The summed E-state index contributed by atoms with van der Waals surface area (Å²) in [6.07, 6.45) is 5.20. The van der Waals surface area contributed by atoms with Gasteiger partial charge in [0, 0.05) is 36.6 Å². The third-order valence-electron chi connectivity index (χ3n) is 4.35. The maximum Gasteiger partial charge on any atom is 0.246 e. The van der Waals surface area contributed by atoms with Gasteiger partial charge < -0.3 is 0 Å². The zero-order chi connectivity index (χ0) is 16.6. The number of hydrogen-bond acceptors (Lipinski definition) is 5. The summed E-state index contributed by atoms with van der Waals surface area (Å²) >= 11 is 1.66. The molecule has 126 valence electrons. The number of hydrogen-bond donors (Lipinski definition) is 0. The average molecular weight is 355 g/mol. The molecule has 0 N–H and O–H groups in total. The monoisotopic (exact) mass is 354 g/mol. The molecule has 1 atom stereocenters. The molecule has 2 aromatic heterocycles. The van der Waals surface area contributed by atoms with E-state index in [1.165, 1.54) is 11.1 Å². The SMILES string of the molecule is CCn1ncc(S(=O)(=O)N2CCC[C@@H](c3ncc(C)s3)C2)c1C. The van der Waals surface area contributed by atoms with Gasteiger partial charge in [0.15, 0.2) is 0 Å². The Balaban J connectivity index is 1.86. The highest BCUT2D eigenvalue weighted by atomic mass is 32.2. The van der Waals surface area contributed by atoms with Crippen molar-refractivity contribution < 1.29 is 8.42 Å². The van der Waals surface area contributed by atoms with E-state index in [0.29, 0.717) is 30.2 Å². The van der Waals surface area contributed by atoms with E-state index < -0.39 is 10.0 Å². The molecule has 1 saturated heterocycles. The predicted octanol–water partition coefficient (Wildman–Crippen LogP) is 2.54. The van der Waals surface area contributed by atoms with Crippen molar-refractivity contribution in [2.45, 2.75) is 51.0 Å². The number of aryl methyl sites for hydroxylation is 2. The molecule has 1 aliphatic heterocycles. The Bertz CT molecular complexity index is 794. The topological polar surface area (TPSA) is 68.1 Å². The van der Waals surface area contributed by atoms with Gasteiger partial charge in [-0.1, -0.05) is 0 Å². The summed E-state index contributed by atoms with van der Waals surface area (Å²) in [4.78, 5) is 5.94. The lowest BCUT2D eigenvalue weighted by Gasteiger charge is -2.30. The number of rotatable bonds is 4. The van der Waals surface area contributed by atoms with Gasteiger partial charge in [0.2, 0.25) is 10.0 Å². The summed E-state index contributed by atoms with van der Waals surface area (Å²) < 4.78 is 29.3. The number of sulfonamides is 1. The minimum absolute atomic E-state index is 0.193. The van der Waals surface area contributed by atoms with Crippen LogP contribution in [0.5, 0.6) is 0 Å². The van der Waals surface area contributed by atoms with Crippen LogP contribution in [-0.2, 0) is 16.6 Å². The molecule has 3 heterocycles. The molecule has 2 aromatic rings. The van der Waals surface area contributed by atoms with E-state index in [2.05, 4.69) is 10.1 Å². The first kappa shape index (κ1) is 16.6. The van der Waals surface area contributed by atoms with E-state index in [0.717, 1.165) is 17.8 Å². The van der Waals surface area contributed by atoms with Crippen LogP contribution in [0.3, 0.4) is 0 Å². The Labute approximate surface area is 141 Å². The summed E-state index contributed by atoms with van der Waals surface area (Å²) in [6.45, 7) is 7.54. The number of thiazole rings is 1. The summed E-state index contributed by atoms with van der Waals surface area (Å²) in [5, 5.41) is 5.22. The normalized spacial score (nSPS) is 20.0. The van der Waals surface area contributed by atoms with Gasteiger partial charge in [-0.25, -0.2) is 13.4 Å². The zero-order valence-electron chi connectivity index (χ0n) is 13.7. The van der Waals surface area contributed by atoms with Crippen molar-refractivity contribution in [3.63, 3.8) is 0 Å². The molecule has 3 rings (SSSR count). The predicted molar refractivity (Wildman–Crippen MR) is 90.2 cm³/mol. The number of nitrogens with zero attached hydrogens (tertiary/aromatic N) is 4. The highest BCUT2D eigenvalue weighted by Crippen LogP contribution is 2.32. The van der Waals surface area contributed by atoms with Gasteiger partial charge in [0.25, 0.3) is 0 Å². The molecule has 8 heteroatoms. The molecule has 0 aromatic carbocycles. The Morgan fingerprint density at radius 2 is 2.13 bits per heavy atom. The van der Waals surface area contributed by atoms with Crippen molar-refractivity contribution in [2.75, 3.05) is 13.1 Å². The molecule has 0 aliphatic carbocycles. The van der Waals surface area contributed by atoms with Gasteiger partial charge in [-0.15, -0.1) is 11.3 Å². The molecule has 1 fully saturated rings. The molecule has 0 amide bonds. The lowest BCUT2D eigenvalue weighted by atomic mass is 10.0. The summed E-state index contributed by atoms with van der Waals surface area (Å²) in [5.41, 5.74) is 0.708. The molecular formula is C15H22N4O2S2. The third kappa shape index (κ3) is 3.07. The van der Waals surface area contributed by atoms with Gasteiger partial charge in [-0.05, 0) is 33.6 Å². The van der Waals surface area contributed by atoms with Gasteiger partial charge in [-0.3, -0.25) is 4.68 Å². The van der Waals surface area contributed by atoms with Crippen LogP contribution in [0.15, 0.2) is 17.3 Å². The first-order valence-electron chi connectivity index (χ1n) is 7.88. The van der Waals surface area contributed by atoms with E-state index in [1.807, 2.05) is 27.0 Å². The molecule has 0 unspecified atom stereocenters. The van der Waals surface area contributed by atoms with Crippen molar-refractivity contribution in [1.29, 1.82) is 0 Å². The smallest absolute Gasteiger partial charge is 0.246 e. The fourth-order valence-electron chi connectivity index (χ4n) is 3.06. The summed E-state index contributed by atoms with van der Waals surface area (Å²) in [6, 6.07) is 0. The molecular weight excluding hydrogens is 332 g/mol. The van der Waals surface area contributed by atoms with Crippen LogP contribution >= 0.6 is 11.3 Å². The Morgan fingerprint density at radius 3 is 2.74 bits per heavy atom. The van der Waals surface area contributed by atoms with Gasteiger partial charge in [-0.2, -0.15) is 9.40 Å². The van der Waals surface area contributed by atoms with Crippen molar-refractivity contribution in [3.05, 3.63) is 28.0 Å². The molecule has 0 spiro atoms. The highest BCUT2D eigenvalue weighted by molar-refractivity contribution is 7.89. The van der Waals surface area contributed by atoms with Crippen LogP contribution in [0.4, 0.5) is 0 Å². The minimum atomic E-state index is -3.49. The van der Waals surface area contributed by atoms with Crippen LogP contribution in [-0.4, -0.2) is 40.6 Å². The second-order valence-electron chi connectivity index (χ2n) is 5.92. The van der Waals surface area contributed by atoms with Gasteiger partial charge >= 0.3 is 0 Å². The van der Waals surface area contributed by atoms with Crippen LogP contribution in [0.25, 0.3) is 0 Å².